The number of anilines is 6. The van der Waals surface area contributed by atoms with Gasteiger partial charge in [0.05, 0.1) is 29.2 Å². The zero-order chi connectivity index (χ0) is 91.8. The second kappa shape index (κ2) is 42.6. The van der Waals surface area contributed by atoms with E-state index >= 15 is 0 Å². The molecule has 664 valence electrons. The van der Waals surface area contributed by atoms with Gasteiger partial charge in [-0.25, -0.2) is 19.2 Å². The number of nitrogens with one attached hydrogen (secondary N) is 3. The number of alkyl halides is 16. The molecular weight excluding hydrogens is 1890 g/mol. The first-order valence-corrected chi connectivity index (χ1v) is 40.2. The molecule has 15 rings (SSSR count). The smallest absolute Gasteiger partial charge is 0.854 e. The first-order chi connectivity index (χ1) is 57.9. The van der Waals surface area contributed by atoms with E-state index in [1.165, 1.54) is 70.9 Å². The summed E-state index contributed by atoms with van der Waals surface area (Å²) >= 11 is 33.3. The van der Waals surface area contributed by atoms with Crippen molar-refractivity contribution in [1.29, 1.82) is 0 Å². The van der Waals surface area contributed by atoms with Gasteiger partial charge in [0.2, 0.25) is 5.60 Å². The minimum Gasteiger partial charge on any atom is -0.854 e. The number of aliphatic hydroxyl groups excluding tert-OH is 3. The number of halogens is 21. The Morgan fingerprint density at radius 3 is 1.33 bits per heavy atom. The third-order valence-corrected chi connectivity index (χ3v) is 22.3. The van der Waals surface area contributed by atoms with Gasteiger partial charge >= 0.3 is 92.6 Å². The van der Waals surface area contributed by atoms with Crippen molar-refractivity contribution in [2.45, 2.75) is 103 Å². The number of ether oxygens (including phenoxy) is 4. The number of ketones is 1. The molecule has 0 radical (unpaired) electrons. The first-order valence-electron chi connectivity index (χ1n) is 36.2. The molecular formula is C80H65BrCl5F15Li2N8O14S. The molecule has 126 heavy (non-hydrogen) atoms. The minimum absolute atomic E-state index is 0. The van der Waals surface area contributed by atoms with Crippen LogP contribution in [0.15, 0.2) is 108 Å². The summed E-state index contributed by atoms with van der Waals surface area (Å²) in [6, 6.07) is 19.7. The second-order valence-corrected chi connectivity index (χ2v) is 32.3. The zero-order valence-corrected chi connectivity index (χ0v) is 71.2. The summed E-state index contributed by atoms with van der Waals surface area (Å²) in [5.41, 5.74) is 0.257. The second-order valence-electron chi connectivity index (χ2n) is 28.3. The SMILES string of the molecule is Nc1ccc(Cl)cc1C(=O)C(F)(F)F.Nc1ccc(Cl)cc1C(O)(C#CC1CC1CO)C(F)(F)F.Nc1ccn([C@H]2CS[C@@H](CO)O2)c(=O)n1.O=C1Nc2ccc(Cl)cc2C(C#CC2CC2)(C(F)(F)F)O1.O=C1Nc2ccc(Cl)cc2C(C#CC2CC2CBr)(C(F)(F)F)O1.O=C1Nc2ccc(Cl)cc2C(C#CC2CC2CO)(C(F)(F)F)O1.[C-]#CC1CC1C[O-].[Li+].[Li+]. The van der Waals surface area contributed by atoms with E-state index in [4.69, 9.17) is 102 Å². The quantitative estimate of drug-likeness (QED) is 0.00989. The number of hydrogen-bond donors (Lipinski definition) is 10. The van der Waals surface area contributed by atoms with Crippen LogP contribution in [-0.2, 0) is 41.4 Å². The van der Waals surface area contributed by atoms with Gasteiger partial charge in [0, 0.05) is 113 Å². The zero-order valence-electron chi connectivity index (χ0n) is 65.0. The van der Waals surface area contributed by atoms with Crippen molar-refractivity contribution in [3.8, 4) is 53.3 Å². The third-order valence-electron chi connectivity index (χ3n) is 19.2. The number of carbonyl (C=O) groups is 4. The number of aromatic nitrogens is 2. The Morgan fingerprint density at radius 2 is 0.976 bits per heavy atom. The average molecular weight is 1950 g/mol. The van der Waals surface area contributed by atoms with Gasteiger partial charge < -0.3 is 74.0 Å². The molecule has 0 bridgehead atoms. The van der Waals surface area contributed by atoms with Gasteiger partial charge in [0.1, 0.15) is 17.5 Å². The number of nitrogens with zero attached hydrogens (tertiary/aromatic N) is 2. The maximum absolute atomic E-state index is 13.8. The molecule has 9 aliphatic rings. The van der Waals surface area contributed by atoms with E-state index in [-0.39, 0.29) is 205 Å². The Labute approximate surface area is 769 Å². The Kier molecular flexibility index (Phi) is 35.5. The van der Waals surface area contributed by atoms with Gasteiger partial charge in [0.15, 0.2) is 0 Å². The predicted molar refractivity (Wildman–Crippen MR) is 426 cm³/mol. The molecule has 12 unspecified atom stereocenters. The summed E-state index contributed by atoms with van der Waals surface area (Å²) in [5.74, 6) is 18.9. The molecule has 6 fully saturated rings. The molecule has 3 amide bonds. The van der Waals surface area contributed by atoms with Crippen LogP contribution in [-0.4, -0.2) is 128 Å². The van der Waals surface area contributed by atoms with Crippen LogP contribution in [0.1, 0.15) is 77.4 Å². The van der Waals surface area contributed by atoms with Crippen molar-refractivity contribution in [1.82, 2.24) is 9.55 Å². The van der Waals surface area contributed by atoms with E-state index in [2.05, 4.69) is 98.4 Å². The first kappa shape index (κ1) is 105. The molecule has 5 heterocycles. The summed E-state index contributed by atoms with van der Waals surface area (Å²) < 4.78 is 220. The predicted octanol–water partition coefficient (Wildman–Crippen LogP) is 10.0. The van der Waals surface area contributed by atoms with Crippen LogP contribution in [0, 0.1) is 113 Å². The number of cyclic esters (lactones) is 3. The van der Waals surface area contributed by atoms with E-state index < -0.39 is 94.2 Å². The van der Waals surface area contributed by atoms with Gasteiger partial charge in [0.25, 0.3) is 22.6 Å². The van der Waals surface area contributed by atoms with E-state index in [0.717, 1.165) is 62.1 Å². The van der Waals surface area contributed by atoms with Crippen LogP contribution in [0.5, 0.6) is 0 Å². The number of nitrogen functional groups attached to an aromatic ring is 3. The number of benzene rings is 5. The molecule has 6 aromatic rings. The van der Waals surface area contributed by atoms with Crippen molar-refractivity contribution in [3.63, 3.8) is 0 Å². The molecule has 1 aromatic heterocycles. The van der Waals surface area contributed by atoms with Crippen molar-refractivity contribution in [2.24, 2.45) is 53.3 Å². The van der Waals surface area contributed by atoms with Crippen molar-refractivity contribution < 1.29 is 167 Å². The summed E-state index contributed by atoms with van der Waals surface area (Å²) in [4.78, 5) is 60.5. The van der Waals surface area contributed by atoms with Gasteiger partial charge in [-0.3, -0.25) is 25.3 Å². The number of amides is 3. The average Bonchev–Trinajstić information content (AvgIpc) is 0.943. The minimum atomic E-state index is -5.03. The molecule has 22 nitrogen and oxygen atoms in total. The fraction of sp³-hybridized carbons (Fsp3) is 0.400. The molecule has 1 saturated heterocycles. The van der Waals surface area contributed by atoms with E-state index in [1.54, 1.807) is 12.3 Å². The molecule has 5 aromatic carbocycles. The van der Waals surface area contributed by atoms with Crippen LogP contribution in [0.25, 0.3) is 0 Å². The number of Topliss-reactive ketones (excluding diaryl/α,β-unsaturated/α-hetero) is 1. The standard InChI is InChI=1S/C15H10BrClF3NO2.C15H11ClF3NO3.C14H9ClF3NO2.C14H13ClF3NO2.C8H5ClF3NO.C8H11N3O3S.C6H6O.2Li/c16-7-9-5-8(9)3-4-14(15(18,19)20)11-6-10(17)1-2-12(11)21-13(22)23-14;16-10-1-2-12-11(6-10)14(15(17,18)19,23-13(22)20-12)4-3-8-5-9(8)7-21;15-9-3-4-11-10(7-9)13(14(16,17)18,21-12(20)19-11)6-5-8-1-2-8;15-10-1-2-12(19)11(6-10)13(21,14(16,17)18)4-3-8-5-9(8)7-20;9-4-1-2-6(13)5(3-4)7(14)8(10,11)12;9-5-1-2-11(8(13)10-5)6-4-15-7(3-12)14-6;1-2-5-3-6(5)4-7;;/h1-2,6,8-9H,5,7H2,(H,21,22);1-2,6,8-9,21H,5,7H2,(H,20,22);3-4,7-8H,1-2H2,(H,19,20);1-2,6,8-9,20-21H,5,7,19H2;1-3H,13H2;1-2,6-7,12H,3-4H2,(H2,9,10,13);5-6H,3-4H2;;/q;;;;;;-2;2*+1/t;;;;;6-,7+;;;/m.....1.../s1. The normalized spacial score (nSPS) is 24.9. The Morgan fingerprint density at radius 1 is 0.571 bits per heavy atom. The topological polar surface area (TPSA) is 358 Å². The third kappa shape index (κ3) is 25.9. The monoisotopic (exact) mass is 1950 g/mol. The number of thioether (sulfide) groups is 1. The van der Waals surface area contributed by atoms with Crippen molar-refractivity contribution >= 4 is 144 Å². The van der Waals surface area contributed by atoms with Crippen LogP contribution in [0.4, 0.5) is 114 Å². The molecule has 5 saturated carbocycles. The largest absolute Gasteiger partial charge is 1.00 e. The number of rotatable bonds is 8. The number of aliphatic hydroxyl groups is 4. The molecule has 0 spiro atoms. The Bertz CT molecular complexity index is 5280. The summed E-state index contributed by atoms with van der Waals surface area (Å²) in [7, 11) is 0. The summed E-state index contributed by atoms with van der Waals surface area (Å²) in [6.45, 7) is -0.347. The van der Waals surface area contributed by atoms with E-state index in [0.29, 0.717) is 23.9 Å². The number of carbonyl (C=O) groups excluding carboxylic acids is 4. The molecule has 46 heteroatoms. The van der Waals surface area contributed by atoms with Gasteiger partial charge in [-0.2, -0.15) is 70.8 Å². The molecule has 4 aliphatic heterocycles. The Balaban J connectivity index is 0.000000205. The van der Waals surface area contributed by atoms with E-state index in [1.807, 2.05) is 5.92 Å². The number of hydrogen-bond acceptors (Lipinski definition) is 19. The van der Waals surface area contributed by atoms with Gasteiger partial charge in [-0.1, -0.05) is 104 Å². The molecule has 5 aliphatic carbocycles. The number of nitrogens with two attached hydrogens (primary N) is 3. The maximum Gasteiger partial charge on any atom is 1.00 e. The van der Waals surface area contributed by atoms with E-state index in [9.17, 15) is 100 Å². The summed E-state index contributed by atoms with van der Waals surface area (Å²) in [6.07, 6.45) is -16.3. The maximum atomic E-state index is 13.8. The van der Waals surface area contributed by atoms with Crippen LogP contribution >= 0.6 is 85.7 Å². The van der Waals surface area contributed by atoms with Gasteiger partial charge in [-0.15, -0.1) is 18.4 Å². The van der Waals surface area contributed by atoms with Crippen molar-refractivity contribution in [3.05, 3.63) is 173 Å². The summed E-state index contributed by atoms with van der Waals surface area (Å²) in [5, 5.41) is 54.4. The fourth-order valence-corrected chi connectivity index (χ4v) is 14.2. The number of fused-ring (bicyclic) bond motifs is 3. The fourth-order valence-electron chi connectivity index (χ4n) is 11.7. The molecule has 13 N–H and O–H groups in total. The Hall–Kier alpha value is -8.16. The molecule has 14 atom stereocenters. The van der Waals surface area contributed by atoms with Crippen molar-refractivity contribution in [2.75, 3.05) is 70.7 Å². The van der Waals surface area contributed by atoms with Crippen LogP contribution < -0.4 is 81.7 Å². The van der Waals surface area contributed by atoms with Gasteiger partial charge in [-0.05, 0) is 183 Å². The van der Waals surface area contributed by atoms with Crippen LogP contribution in [0.3, 0.4) is 0 Å². The van der Waals surface area contributed by atoms with Crippen LogP contribution in [0.2, 0.25) is 25.1 Å².